The largest absolute Gasteiger partial charge is 0.466 e. The highest BCUT2D eigenvalue weighted by atomic mass is 16.3. The van der Waals surface area contributed by atoms with Crippen LogP contribution in [0.3, 0.4) is 0 Å². The van der Waals surface area contributed by atoms with Crippen molar-refractivity contribution in [1.82, 2.24) is 15.8 Å². The van der Waals surface area contributed by atoms with E-state index >= 15 is 0 Å². The number of fused-ring (bicyclic) bond motifs is 1. The van der Waals surface area contributed by atoms with Gasteiger partial charge < -0.3 is 9.40 Å². The second kappa shape index (κ2) is 6.23. The Balaban J connectivity index is 1.64. The van der Waals surface area contributed by atoms with Crippen LogP contribution in [0.5, 0.6) is 0 Å². The van der Waals surface area contributed by atoms with E-state index < -0.39 is 0 Å². The van der Waals surface area contributed by atoms with Crippen molar-refractivity contribution in [3.8, 4) is 0 Å². The lowest BCUT2D eigenvalue weighted by Crippen LogP contribution is -2.42. The number of benzene rings is 1. The number of aromatic amines is 1. The molecule has 0 fully saturated rings. The van der Waals surface area contributed by atoms with Crippen LogP contribution in [-0.4, -0.2) is 16.8 Å². The zero-order valence-electron chi connectivity index (χ0n) is 13.8. The summed E-state index contributed by atoms with van der Waals surface area (Å²) in [5.74, 6) is 0.564. The number of amides is 2. The first-order valence-electron chi connectivity index (χ1n) is 7.68. The monoisotopic (exact) mass is 325 g/mol. The van der Waals surface area contributed by atoms with Crippen LogP contribution in [0.1, 0.15) is 33.0 Å². The maximum absolute atomic E-state index is 12.2. The average Bonchev–Trinajstić information content (AvgIpc) is 3.07. The molecule has 0 spiro atoms. The molecule has 0 aliphatic carbocycles. The van der Waals surface area contributed by atoms with Crippen LogP contribution in [0.15, 0.2) is 34.9 Å². The first-order chi connectivity index (χ1) is 11.5. The second-order valence-corrected chi connectivity index (χ2v) is 5.75. The second-order valence-electron chi connectivity index (χ2n) is 5.75. The normalized spacial score (nSPS) is 10.8. The summed E-state index contributed by atoms with van der Waals surface area (Å²) in [5.41, 5.74) is 7.99. The zero-order chi connectivity index (χ0) is 17.3. The van der Waals surface area contributed by atoms with E-state index in [0.717, 1.165) is 22.0 Å². The van der Waals surface area contributed by atoms with Gasteiger partial charge in [0.2, 0.25) is 5.91 Å². The highest BCUT2D eigenvalue weighted by Gasteiger charge is 2.19. The standard InChI is InChI=1S/C18H19N3O3/c1-10-11(2)24-12(3)17(10)18(23)21-20-16(22)8-13-9-19-15-7-5-4-6-14(13)15/h4-7,9,19H,8H2,1-3H3,(H,20,22)(H,21,23). The molecule has 0 saturated carbocycles. The van der Waals surface area contributed by atoms with Crippen molar-refractivity contribution >= 4 is 22.7 Å². The van der Waals surface area contributed by atoms with E-state index in [9.17, 15) is 9.59 Å². The molecule has 3 N–H and O–H groups in total. The molecule has 0 unspecified atom stereocenters. The number of hydrazine groups is 1. The molecule has 0 bridgehead atoms. The van der Waals surface area contributed by atoms with Crippen molar-refractivity contribution in [2.75, 3.05) is 0 Å². The molecule has 24 heavy (non-hydrogen) atoms. The third-order valence-electron chi connectivity index (χ3n) is 4.13. The first-order valence-corrected chi connectivity index (χ1v) is 7.68. The lowest BCUT2D eigenvalue weighted by molar-refractivity contribution is -0.121. The minimum atomic E-state index is -0.380. The summed E-state index contributed by atoms with van der Waals surface area (Å²) in [5, 5.41) is 0.996. The molecule has 124 valence electrons. The maximum atomic E-state index is 12.2. The molecule has 0 saturated heterocycles. The third-order valence-corrected chi connectivity index (χ3v) is 4.13. The van der Waals surface area contributed by atoms with Gasteiger partial charge in [-0.2, -0.15) is 0 Å². The fraction of sp³-hybridized carbons (Fsp3) is 0.222. The van der Waals surface area contributed by atoms with Crippen LogP contribution in [0.25, 0.3) is 10.9 Å². The van der Waals surface area contributed by atoms with Crippen LogP contribution < -0.4 is 10.9 Å². The number of carbonyl (C=O) groups excluding carboxylic acids is 2. The van der Waals surface area contributed by atoms with Crippen molar-refractivity contribution < 1.29 is 14.0 Å². The lowest BCUT2D eigenvalue weighted by atomic mass is 10.1. The Bertz CT molecular complexity index is 921. The number of nitrogens with one attached hydrogen (secondary N) is 3. The van der Waals surface area contributed by atoms with Crippen molar-refractivity contribution in [3.63, 3.8) is 0 Å². The predicted octanol–water partition coefficient (Wildman–Crippen LogP) is 2.69. The molecule has 0 radical (unpaired) electrons. The molecular weight excluding hydrogens is 306 g/mol. The van der Waals surface area contributed by atoms with Gasteiger partial charge in [0.05, 0.1) is 12.0 Å². The molecule has 0 aliphatic rings. The van der Waals surface area contributed by atoms with Gasteiger partial charge >= 0.3 is 0 Å². The van der Waals surface area contributed by atoms with Crippen LogP contribution in [0.4, 0.5) is 0 Å². The summed E-state index contributed by atoms with van der Waals surface area (Å²) in [7, 11) is 0. The fourth-order valence-corrected chi connectivity index (χ4v) is 2.81. The SMILES string of the molecule is Cc1oc(C)c(C(=O)NNC(=O)Cc2c[nH]c3ccccc23)c1C. The van der Waals surface area contributed by atoms with E-state index in [-0.39, 0.29) is 18.2 Å². The minimum absolute atomic E-state index is 0.173. The number of aromatic nitrogens is 1. The Morgan fingerprint density at radius 2 is 1.83 bits per heavy atom. The van der Waals surface area contributed by atoms with Crippen LogP contribution in [0, 0.1) is 20.8 Å². The summed E-state index contributed by atoms with van der Waals surface area (Å²) < 4.78 is 5.43. The van der Waals surface area contributed by atoms with Crippen molar-refractivity contribution in [2.24, 2.45) is 0 Å². The number of rotatable bonds is 3. The summed E-state index contributed by atoms with van der Waals surface area (Å²) in [4.78, 5) is 27.5. The number of aryl methyl sites for hydroxylation is 2. The summed E-state index contributed by atoms with van der Waals surface area (Å²) >= 11 is 0. The Kier molecular flexibility index (Phi) is 4.12. The van der Waals surface area contributed by atoms with E-state index in [1.54, 1.807) is 20.0 Å². The number of hydrogen-bond acceptors (Lipinski definition) is 3. The van der Waals surface area contributed by atoms with E-state index in [1.165, 1.54) is 0 Å². The third kappa shape index (κ3) is 2.90. The van der Waals surface area contributed by atoms with Gasteiger partial charge in [-0.1, -0.05) is 18.2 Å². The number of furan rings is 1. The molecular formula is C18H19N3O3. The number of para-hydroxylation sites is 1. The highest BCUT2D eigenvalue weighted by Crippen LogP contribution is 2.20. The van der Waals surface area contributed by atoms with Crippen LogP contribution in [-0.2, 0) is 11.2 Å². The lowest BCUT2D eigenvalue weighted by Gasteiger charge is -2.07. The summed E-state index contributed by atoms with van der Waals surface area (Å²) in [6.07, 6.45) is 1.98. The van der Waals surface area contributed by atoms with Gasteiger partial charge in [-0.05, 0) is 32.4 Å². The molecule has 6 heteroatoms. The first kappa shape index (κ1) is 15.9. The quantitative estimate of drug-likeness (QED) is 0.647. The van der Waals surface area contributed by atoms with E-state index in [2.05, 4.69) is 15.8 Å². The minimum Gasteiger partial charge on any atom is -0.466 e. The van der Waals surface area contributed by atoms with Gasteiger partial charge in [0.25, 0.3) is 5.91 Å². The van der Waals surface area contributed by atoms with Gasteiger partial charge in [-0.3, -0.25) is 20.4 Å². The zero-order valence-corrected chi connectivity index (χ0v) is 13.8. The Hall–Kier alpha value is -3.02. The summed E-state index contributed by atoms with van der Waals surface area (Å²) in [6.45, 7) is 5.34. The summed E-state index contributed by atoms with van der Waals surface area (Å²) in [6, 6.07) is 7.76. The van der Waals surface area contributed by atoms with Gasteiger partial charge in [0.15, 0.2) is 0 Å². The van der Waals surface area contributed by atoms with Crippen LogP contribution >= 0.6 is 0 Å². The van der Waals surface area contributed by atoms with Gasteiger partial charge in [0, 0.05) is 22.7 Å². The molecule has 1 aromatic carbocycles. The van der Waals surface area contributed by atoms with Crippen LogP contribution in [0.2, 0.25) is 0 Å². The van der Waals surface area contributed by atoms with Gasteiger partial charge in [0.1, 0.15) is 11.5 Å². The van der Waals surface area contributed by atoms with Gasteiger partial charge in [-0.15, -0.1) is 0 Å². The molecule has 2 heterocycles. The smallest absolute Gasteiger partial charge is 0.273 e. The Labute approximate surface area is 139 Å². The van der Waals surface area contributed by atoms with Crippen molar-refractivity contribution in [1.29, 1.82) is 0 Å². The Morgan fingerprint density at radius 1 is 1.08 bits per heavy atom. The average molecular weight is 325 g/mol. The van der Waals surface area contributed by atoms with Gasteiger partial charge in [-0.25, -0.2) is 0 Å². The molecule has 0 atom stereocenters. The highest BCUT2D eigenvalue weighted by molar-refractivity contribution is 5.98. The fourth-order valence-electron chi connectivity index (χ4n) is 2.81. The van der Waals surface area contributed by atoms with Crippen molar-refractivity contribution in [3.05, 3.63) is 58.7 Å². The van der Waals surface area contributed by atoms with E-state index in [4.69, 9.17) is 4.42 Å². The van der Waals surface area contributed by atoms with E-state index in [1.807, 2.05) is 31.2 Å². The number of hydrogen-bond donors (Lipinski definition) is 3. The molecule has 3 rings (SSSR count). The number of carbonyl (C=O) groups is 2. The molecule has 2 aromatic heterocycles. The van der Waals surface area contributed by atoms with Crippen molar-refractivity contribution in [2.45, 2.75) is 27.2 Å². The number of H-pyrrole nitrogens is 1. The molecule has 6 nitrogen and oxygen atoms in total. The predicted molar refractivity (Wildman–Crippen MR) is 90.5 cm³/mol. The van der Waals surface area contributed by atoms with E-state index in [0.29, 0.717) is 17.1 Å². The Morgan fingerprint density at radius 3 is 2.54 bits per heavy atom. The maximum Gasteiger partial charge on any atom is 0.273 e. The topological polar surface area (TPSA) is 87.1 Å². The molecule has 3 aromatic rings. The molecule has 0 aliphatic heterocycles. The molecule has 2 amide bonds.